The maximum Gasteiger partial charge on any atom is 0.274 e. The van der Waals surface area contributed by atoms with Gasteiger partial charge in [0.05, 0.1) is 24.0 Å². The minimum Gasteiger partial charge on any atom is -0.395 e. The average Bonchev–Trinajstić information content (AvgIpc) is 2.50. The van der Waals surface area contributed by atoms with E-state index in [2.05, 4.69) is 5.10 Å². The monoisotopic (exact) mass is 226 g/mol. The van der Waals surface area contributed by atoms with Gasteiger partial charge >= 0.3 is 0 Å². The van der Waals surface area contributed by atoms with Gasteiger partial charge in [-0.2, -0.15) is 5.10 Å². The van der Waals surface area contributed by atoms with Crippen molar-refractivity contribution in [3.63, 3.8) is 0 Å². The van der Waals surface area contributed by atoms with Crippen LogP contribution in [0.5, 0.6) is 0 Å². The van der Waals surface area contributed by atoms with Gasteiger partial charge in [-0.15, -0.1) is 0 Å². The van der Waals surface area contributed by atoms with Crippen LogP contribution in [0.3, 0.4) is 0 Å². The second-order valence-corrected chi connectivity index (χ2v) is 3.92. The lowest BCUT2D eigenvalue weighted by Gasteiger charge is -2.23. The van der Waals surface area contributed by atoms with E-state index in [9.17, 15) is 4.79 Å². The van der Waals surface area contributed by atoms with Crippen molar-refractivity contribution in [3.05, 3.63) is 11.4 Å². The summed E-state index contributed by atoms with van der Waals surface area (Å²) < 4.78 is 1.47. The number of nitrogens with zero attached hydrogens (tertiary/aromatic N) is 3. The van der Waals surface area contributed by atoms with E-state index in [-0.39, 0.29) is 18.6 Å². The molecule has 16 heavy (non-hydrogen) atoms. The molecule has 6 heteroatoms. The third kappa shape index (κ3) is 2.01. The Labute approximate surface area is 94.6 Å². The van der Waals surface area contributed by atoms with Gasteiger partial charge in [0.25, 0.3) is 5.91 Å². The summed E-state index contributed by atoms with van der Waals surface area (Å²) in [6.07, 6.45) is 0. The topological polar surface area (TPSA) is 84.4 Å². The molecule has 1 heterocycles. The Morgan fingerprint density at radius 2 is 2.25 bits per heavy atom. The zero-order chi connectivity index (χ0) is 12.5. The summed E-state index contributed by atoms with van der Waals surface area (Å²) in [5.41, 5.74) is 7.18. The zero-order valence-electron chi connectivity index (χ0n) is 10.1. The predicted molar refractivity (Wildman–Crippen MR) is 61.0 cm³/mol. The van der Waals surface area contributed by atoms with Crippen molar-refractivity contribution in [1.29, 1.82) is 0 Å². The average molecular weight is 226 g/mol. The number of aliphatic hydroxyl groups is 1. The molecule has 3 N–H and O–H groups in total. The highest BCUT2D eigenvalue weighted by Crippen LogP contribution is 2.17. The lowest BCUT2D eigenvalue weighted by molar-refractivity contribution is 0.0672. The van der Waals surface area contributed by atoms with E-state index in [1.54, 1.807) is 27.9 Å². The van der Waals surface area contributed by atoms with E-state index < -0.39 is 0 Å². The van der Waals surface area contributed by atoms with Crippen LogP contribution in [-0.2, 0) is 7.05 Å². The van der Waals surface area contributed by atoms with Crippen molar-refractivity contribution in [2.24, 2.45) is 7.05 Å². The lowest BCUT2D eigenvalue weighted by Crippen LogP contribution is -2.38. The number of rotatable bonds is 3. The molecule has 0 bridgehead atoms. The molecule has 90 valence electrons. The van der Waals surface area contributed by atoms with Crippen LogP contribution in [-0.4, -0.2) is 45.4 Å². The molecule has 1 atom stereocenters. The SMILES string of the molecule is Cc1nn(C)c(C(=O)N(C)C(C)CO)c1N. The fourth-order valence-electron chi connectivity index (χ4n) is 1.42. The third-order valence-corrected chi connectivity index (χ3v) is 2.72. The summed E-state index contributed by atoms with van der Waals surface area (Å²) in [6, 6.07) is -0.248. The van der Waals surface area contributed by atoms with Crippen LogP contribution in [0.25, 0.3) is 0 Å². The van der Waals surface area contributed by atoms with E-state index in [1.165, 1.54) is 9.58 Å². The zero-order valence-corrected chi connectivity index (χ0v) is 10.1. The molecule has 6 nitrogen and oxygen atoms in total. The number of carbonyl (C=O) groups excluding carboxylic acids is 1. The van der Waals surface area contributed by atoms with Crippen molar-refractivity contribution >= 4 is 11.6 Å². The quantitative estimate of drug-likeness (QED) is 0.745. The van der Waals surface area contributed by atoms with Crippen molar-refractivity contribution in [1.82, 2.24) is 14.7 Å². The first-order chi connectivity index (χ1) is 7.40. The highest BCUT2D eigenvalue weighted by Gasteiger charge is 2.23. The molecule has 0 aliphatic carbocycles. The molecule has 1 aromatic heterocycles. The molecule has 1 unspecified atom stereocenters. The van der Waals surface area contributed by atoms with Gasteiger partial charge in [-0.05, 0) is 13.8 Å². The summed E-state index contributed by atoms with van der Waals surface area (Å²) in [4.78, 5) is 13.5. The van der Waals surface area contributed by atoms with Gasteiger partial charge in [0.2, 0.25) is 0 Å². The normalized spacial score (nSPS) is 12.6. The number of aromatic nitrogens is 2. The summed E-state index contributed by atoms with van der Waals surface area (Å²) in [6.45, 7) is 3.43. The Kier molecular flexibility index (Phi) is 3.54. The molecule has 0 radical (unpaired) electrons. The molecule has 0 aliphatic heterocycles. The molecule has 0 spiro atoms. The predicted octanol–water partition coefficient (Wildman–Crippen LogP) is -0.236. The molecule has 1 aromatic rings. The van der Waals surface area contributed by atoms with Crippen LogP contribution in [0.1, 0.15) is 23.1 Å². The molecule has 0 aliphatic rings. The first-order valence-corrected chi connectivity index (χ1v) is 5.07. The second kappa shape index (κ2) is 4.52. The number of hydrogen-bond donors (Lipinski definition) is 2. The largest absolute Gasteiger partial charge is 0.395 e. The molecular weight excluding hydrogens is 208 g/mol. The number of hydrogen-bond acceptors (Lipinski definition) is 4. The van der Waals surface area contributed by atoms with Gasteiger partial charge in [-0.25, -0.2) is 0 Å². The molecular formula is C10H18N4O2. The Bertz CT molecular complexity index is 400. The Morgan fingerprint density at radius 3 is 2.62 bits per heavy atom. The number of carbonyl (C=O) groups is 1. The maximum absolute atomic E-state index is 12.1. The van der Waals surface area contributed by atoms with Crippen LogP contribution in [0.15, 0.2) is 0 Å². The summed E-state index contributed by atoms with van der Waals surface area (Å²) >= 11 is 0. The van der Waals surface area contributed by atoms with Gasteiger partial charge in [0.15, 0.2) is 0 Å². The molecule has 0 fully saturated rings. The minimum atomic E-state index is -0.248. The molecule has 1 amide bonds. The molecule has 0 aromatic carbocycles. The van der Waals surface area contributed by atoms with Gasteiger partial charge in [0.1, 0.15) is 5.69 Å². The van der Waals surface area contributed by atoms with Crippen molar-refractivity contribution in [2.45, 2.75) is 19.9 Å². The van der Waals surface area contributed by atoms with Crippen molar-refractivity contribution < 1.29 is 9.90 Å². The van der Waals surface area contributed by atoms with Crippen LogP contribution < -0.4 is 5.73 Å². The highest BCUT2D eigenvalue weighted by molar-refractivity contribution is 5.98. The number of aryl methyl sites for hydroxylation is 2. The smallest absolute Gasteiger partial charge is 0.274 e. The molecule has 1 rings (SSSR count). The lowest BCUT2D eigenvalue weighted by atomic mass is 10.2. The summed E-state index contributed by atoms with van der Waals surface area (Å²) in [7, 11) is 3.30. The highest BCUT2D eigenvalue weighted by atomic mass is 16.3. The summed E-state index contributed by atoms with van der Waals surface area (Å²) in [5.74, 6) is -0.234. The number of likely N-dealkylation sites (N-methyl/N-ethyl adjacent to an activating group) is 1. The number of aliphatic hydroxyl groups excluding tert-OH is 1. The van der Waals surface area contributed by atoms with E-state index in [0.717, 1.165) is 0 Å². The molecule has 0 saturated carbocycles. The van der Waals surface area contributed by atoms with Gasteiger partial charge in [0, 0.05) is 14.1 Å². The third-order valence-electron chi connectivity index (χ3n) is 2.72. The van der Waals surface area contributed by atoms with E-state index >= 15 is 0 Å². The van der Waals surface area contributed by atoms with Crippen molar-refractivity contribution in [2.75, 3.05) is 19.4 Å². The fraction of sp³-hybridized carbons (Fsp3) is 0.600. The number of nitrogens with two attached hydrogens (primary N) is 1. The Morgan fingerprint density at radius 1 is 1.69 bits per heavy atom. The molecule has 0 saturated heterocycles. The first kappa shape index (κ1) is 12.5. The standard InChI is InChI=1S/C10H18N4O2/c1-6(5-15)13(3)10(16)9-8(11)7(2)12-14(9)4/h6,15H,5,11H2,1-4H3. The summed E-state index contributed by atoms with van der Waals surface area (Å²) in [5, 5.41) is 13.1. The van der Waals surface area contributed by atoms with Crippen LogP contribution in [0, 0.1) is 6.92 Å². The van der Waals surface area contributed by atoms with E-state index in [0.29, 0.717) is 17.1 Å². The van der Waals surface area contributed by atoms with Gasteiger partial charge in [-0.1, -0.05) is 0 Å². The maximum atomic E-state index is 12.1. The fourth-order valence-corrected chi connectivity index (χ4v) is 1.42. The first-order valence-electron chi connectivity index (χ1n) is 5.07. The van der Waals surface area contributed by atoms with Crippen LogP contribution >= 0.6 is 0 Å². The Hall–Kier alpha value is -1.56. The Balaban J connectivity index is 3.05. The number of anilines is 1. The van der Waals surface area contributed by atoms with E-state index in [4.69, 9.17) is 10.8 Å². The van der Waals surface area contributed by atoms with Crippen molar-refractivity contribution in [3.8, 4) is 0 Å². The van der Waals surface area contributed by atoms with Crippen LogP contribution in [0.4, 0.5) is 5.69 Å². The second-order valence-electron chi connectivity index (χ2n) is 3.92. The van der Waals surface area contributed by atoms with E-state index in [1.807, 2.05) is 0 Å². The minimum absolute atomic E-state index is 0.0843. The number of nitrogen functional groups attached to an aromatic ring is 1. The van der Waals surface area contributed by atoms with Crippen LogP contribution in [0.2, 0.25) is 0 Å². The van der Waals surface area contributed by atoms with Gasteiger partial charge < -0.3 is 15.7 Å². The number of amides is 1. The van der Waals surface area contributed by atoms with Gasteiger partial charge in [-0.3, -0.25) is 9.48 Å².